The maximum absolute atomic E-state index is 11.7. The lowest BCUT2D eigenvalue weighted by Gasteiger charge is -2.12. The first-order valence-corrected chi connectivity index (χ1v) is 7.33. The number of ether oxygens (including phenoxy) is 1. The zero-order valence-electron chi connectivity index (χ0n) is 13.5. The fourth-order valence-electron chi connectivity index (χ4n) is 2.00. The van der Waals surface area contributed by atoms with E-state index in [1.807, 2.05) is 31.2 Å². The number of amides is 1. The number of hydrogen-bond acceptors (Lipinski definition) is 4. The third-order valence-electron chi connectivity index (χ3n) is 3.10. The Bertz CT molecular complexity index is 669. The van der Waals surface area contributed by atoms with Crippen molar-refractivity contribution in [2.24, 2.45) is 0 Å². The van der Waals surface area contributed by atoms with Gasteiger partial charge in [-0.3, -0.25) is 0 Å². The molecule has 0 saturated heterocycles. The Morgan fingerprint density at radius 3 is 2.64 bits per heavy atom. The van der Waals surface area contributed by atoms with Gasteiger partial charge in [0.25, 0.3) is 0 Å². The van der Waals surface area contributed by atoms with Crippen LogP contribution >= 0.6 is 0 Å². The van der Waals surface area contributed by atoms with Gasteiger partial charge in [0.05, 0.1) is 0 Å². The average molecular weight is 299 g/mol. The van der Waals surface area contributed by atoms with Crippen LogP contribution in [0.3, 0.4) is 0 Å². The highest BCUT2D eigenvalue weighted by atomic mass is 16.6. The Hall–Kier alpha value is -2.43. The van der Waals surface area contributed by atoms with Crippen molar-refractivity contribution in [1.29, 1.82) is 0 Å². The SMILES string of the molecule is CCCc1cc(OC(=O)N(C)C)nc(-c2cccc(C)c2)n1. The highest BCUT2D eigenvalue weighted by Gasteiger charge is 2.12. The van der Waals surface area contributed by atoms with Gasteiger partial charge >= 0.3 is 6.09 Å². The average Bonchev–Trinajstić information content (AvgIpc) is 2.47. The molecule has 0 N–H and O–H groups in total. The van der Waals surface area contributed by atoms with Gasteiger partial charge in [-0.2, -0.15) is 4.98 Å². The van der Waals surface area contributed by atoms with Crippen LogP contribution in [0.1, 0.15) is 24.6 Å². The summed E-state index contributed by atoms with van der Waals surface area (Å²) < 4.78 is 5.29. The summed E-state index contributed by atoms with van der Waals surface area (Å²) in [4.78, 5) is 22.0. The Morgan fingerprint density at radius 1 is 1.23 bits per heavy atom. The molecule has 0 fully saturated rings. The number of benzene rings is 1. The van der Waals surface area contributed by atoms with Crippen molar-refractivity contribution in [2.75, 3.05) is 14.1 Å². The zero-order chi connectivity index (χ0) is 16.1. The van der Waals surface area contributed by atoms with Gasteiger partial charge < -0.3 is 9.64 Å². The minimum absolute atomic E-state index is 0.286. The second-order valence-electron chi connectivity index (χ2n) is 5.40. The van der Waals surface area contributed by atoms with E-state index in [9.17, 15) is 4.79 Å². The summed E-state index contributed by atoms with van der Waals surface area (Å²) in [6.07, 6.45) is 1.33. The van der Waals surface area contributed by atoms with Crippen LogP contribution in [-0.2, 0) is 6.42 Å². The summed E-state index contributed by atoms with van der Waals surface area (Å²) in [5, 5.41) is 0. The first-order valence-electron chi connectivity index (χ1n) is 7.33. The van der Waals surface area contributed by atoms with Gasteiger partial charge in [-0.05, 0) is 19.4 Å². The van der Waals surface area contributed by atoms with E-state index in [0.717, 1.165) is 29.7 Å². The Labute approximate surface area is 131 Å². The van der Waals surface area contributed by atoms with Crippen LogP contribution in [0.4, 0.5) is 4.79 Å². The number of hydrogen-bond donors (Lipinski definition) is 0. The summed E-state index contributed by atoms with van der Waals surface area (Å²) in [5.74, 6) is 0.866. The van der Waals surface area contributed by atoms with Crippen molar-refractivity contribution in [2.45, 2.75) is 26.7 Å². The Kier molecular flexibility index (Phi) is 5.09. The van der Waals surface area contributed by atoms with Crippen LogP contribution < -0.4 is 4.74 Å². The molecule has 1 aromatic heterocycles. The van der Waals surface area contributed by atoms with E-state index in [0.29, 0.717) is 5.82 Å². The van der Waals surface area contributed by atoms with Crippen molar-refractivity contribution in [3.05, 3.63) is 41.6 Å². The number of aryl methyl sites for hydroxylation is 2. The molecule has 2 aromatic rings. The predicted molar refractivity (Wildman–Crippen MR) is 85.9 cm³/mol. The molecule has 0 radical (unpaired) electrons. The molecule has 0 bridgehead atoms. The fraction of sp³-hybridized carbons (Fsp3) is 0.353. The standard InChI is InChI=1S/C17H21N3O2/c1-5-7-14-11-15(22-17(21)20(3)4)19-16(18-14)13-9-6-8-12(2)10-13/h6,8-11H,5,7H2,1-4H3. The highest BCUT2D eigenvalue weighted by Crippen LogP contribution is 2.21. The van der Waals surface area contributed by atoms with E-state index < -0.39 is 6.09 Å². The molecule has 2 rings (SSSR count). The van der Waals surface area contributed by atoms with Gasteiger partial charge in [-0.1, -0.05) is 37.1 Å². The minimum Gasteiger partial charge on any atom is -0.391 e. The maximum Gasteiger partial charge on any atom is 0.416 e. The van der Waals surface area contributed by atoms with Crippen LogP contribution in [0.15, 0.2) is 30.3 Å². The molecule has 22 heavy (non-hydrogen) atoms. The van der Waals surface area contributed by atoms with Crippen LogP contribution in [0.25, 0.3) is 11.4 Å². The summed E-state index contributed by atoms with van der Waals surface area (Å²) in [6, 6.07) is 9.68. The molecule has 0 aliphatic heterocycles. The van der Waals surface area contributed by atoms with Crippen LogP contribution in [0.5, 0.6) is 5.88 Å². The van der Waals surface area contributed by atoms with E-state index in [-0.39, 0.29) is 5.88 Å². The van der Waals surface area contributed by atoms with Crippen molar-refractivity contribution < 1.29 is 9.53 Å². The monoisotopic (exact) mass is 299 g/mol. The van der Waals surface area contributed by atoms with Gasteiger partial charge in [-0.25, -0.2) is 9.78 Å². The summed E-state index contributed by atoms with van der Waals surface area (Å²) >= 11 is 0. The van der Waals surface area contributed by atoms with E-state index in [2.05, 4.69) is 16.9 Å². The number of carbonyl (C=O) groups is 1. The van der Waals surface area contributed by atoms with Gasteiger partial charge in [0.15, 0.2) is 5.82 Å². The largest absolute Gasteiger partial charge is 0.416 e. The third-order valence-corrected chi connectivity index (χ3v) is 3.10. The molecule has 116 valence electrons. The normalized spacial score (nSPS) is 10.4. The van der Waals surface area contributed by atoms with Gasteiger partial charge in [-0.15, -0.1) is 0 Å². The number of carbonyl (C=O) groups excluding carboxylic acids is 1. The molecule has 5 heteroatoms. The predicted octanol–water partition coefficient (Wildman–Crippen LogP) is 3.46. The molecule has 5 nitrogen and oxygen atoms in total. The lowest BCUT2D eigenvalue weighted by atomic mass is 10.1. The number of aromatic nitrogens is 2. The van der Waals surface area contributed by atoms with E-state index >= 15 is 0 Å². The molecular weight excluding hydrogens is 278 g/mol. The first-order chi connectivity index (χ1) is 10.5. The third kappa shape index (κ3) is 4.04. The Morgan fingerprint density at radius 2 is 2.00 bits per heavy atom. The lowest BCUT2D eigenvalue weighted by molar-refractivity contribution is 0.170. The van der Waals surface area contributed by atoms with E-state index in [4.69, 9.17) is 4.74 Å². The number of nitrogens with zero attached hydrogens (tertiary/aromatic N) is 3. The second kappa shape index (κ2) is 7.02. The molecule has 1 heterocycles. The molecule has 0 saturated carbocycles. The molecule has 0 unspecified atom stereocenters. The van der Waals surface area contributed by atoms with E-state index in [1.54, 1.807) is 20.2 Å². The van der Waals surface area contributed by atoms with Gasteiger partial charge in [0, 0.05) is 31.4 Å². The molecule has 1 amide bonds. The molecule has 0 aliphatic carbocycles. The van der Waals surface area contributed by atoms with Crippen LogP contribution in [0, 0.1) is 6.92 Å². The molecule has 1 aromatic carbocycles. The summed E-state index contributed by atoms with van der Waals surface area (Å²) in [5.41, 5.74) is 2.92. The fourth-order valence-corrected chi connectivity index (χ4v) is 2.00. The van der Waals surface area contributed by atoms with E-state index in [1.165, 1.54) is 4.90 Å². The van der Waals surface area contributed by atoms with Crippen molar-refractivity contribution in [3.63, 3.8) is 0 Å². The van der Waals surface area contributed by atoms with Gasteiger partial charge in [0.2, 0.25) is 5.88 Å². The van der Waals surface area contributed by atoms with Crippen LogP contribution in [0.2, 0.25) is 0 Å². The molecule has 0 atom stereocenters. The molecule has 0 spiro atoms. The molecule has 0 aliphatic rings. The first kappa shape index (κ1) is 15.9. The second-order valence-corrected chi connectivity index (χ2v) is 5.40. The van der Waals surface area contributed by atoms with Crippen LogP contribution in [-0.4, -0.2) is 35.1 Å². The van der Waals surface area contributed by atoms with Crippen molar-refractivity contribution >= 4 is 6.09 Å². The van der Waals surface area contributed by atoms with Crippen molar-refractivity contribution in [1.82, 2.24) is 14.9 Å². The maximum atomic E-state index is 11.7. The molecular formula is C17H21N3O2. The quantitative estimate of drug-likeness (QED) is 0.867. The highest BCUT2D eigenvalue weighted by molar-refractivity contribution is 5.69. The van der Waals surface area contributed by atoms with Gasteiger partial charge in [0.1, 0.15) is 0 Å². The summed E-state index contributed by atoms with van der Waals surface area (Å²) in [6.45, 7) is 4.10. The smallest absolute Gasteiger partial charge is 0.391 e. The topological polar surface area (TPSA) is 55.3 Å². The summed E-state index contributed by atoms with van der Waals surface area (Å²) in [7, 11) is 3.27. The number of rotatable bonds is 4. The van der Waals surface area contributed by atoms with Crippen molar-refractivity contribution in [3.8, 4) is 17.3 Å². The zero-order valence-corrected chi connectivity index (χ0v) is 13.5. The lowest BCUT2D eigenvalue weighted by Crippen LogP contribution is -2.25. The Balaban J connectivity index is 2.40. The minimum atomic E-state index is -0.448.